The van der Waals surface area contributed by atoms with Crippen molar-refractivity contribution in [3.63, 3.8) is 0 Å². The Bertz CT molecular complexity index is 722. The fraction of sp³-hybridized carbons (Fsp3) is 0.364. The summed E-state index contributed by atoms with van der Waals surface area (Å²) in [5.41, 5.74) is -1.54. The summed E-state index contributed by atoms with van der Waals surface area (Å²) in [4.78, 5) is 27.5. The van der Waals surface area contributed by atoms with Crippen LogP contribution in [0.4, 0.5) is 0 Å². The van der Waals surface area contributed by atoms with Crippen LogP contribution in [0.2, 0.25) is 0 Å². The number of nitrogens with one attached hydrogen (secondary N) is 1. The molecule has 1 N–H and O–H groups in total. The number of sulfonamides is 1. The second kappa shape index (κ2) is 5.11. The topological polar surface area (TPSA) is 112 Å². The van der Waals surface area contributed by atoms with Crippen molar-refractivity contribution >= 4 is 33.1 Å². The predicted octanol–water partition coefficient (Wildman–Crippen LogP) is 0.239. The summed E-state index contributed by atoms with van der Waals surface area (Å²) in [7, 11) is -3.71. The Kier molecular flexibility index (Phi) is 3.76. The second-order valence-corrected chi connectivity index (χ2v) is 7.07. The van der Waals surface area contributed by atoms with E-state index in [0.717, 1.165) is 24.5 Å². The number of ether oxygens (including phenoxy) is 2. The van der Waals surface area contributed by atoms with Crippen molar-refractivity contribution in [3.05, 3.63) is 28.2 Å². The number of hydrogen-bond donors (Lipinski definition) is 1. The molecule has 1 unspecified atom stereocenters. The van der Waals surface area contributed by atoms with Crippen molar-refractivity contribution in [1.82, 2.24) is 9.71 Å². The molecule has 10 heteroatoms. The first-order chi connectivity index (χ1) is 9.63. The Morgan fingerprint density at radius 1 is 1.52 bits per heavy atom. The summed E-state index contributed by atoms with van der Waals surface area (Å²) in [6.45, 7) is 2.52. The van der Waals surface area contributed by atoms with Gasteiger partial charge in [0.15, 0.2) is 0 Å². The Labute approximate surface area is 124 Å². The molecule has 0 saturated heterocycles. The van der Waals surface area contributed by atoms with Gasteiger partial charge in [-0.1, -0.05) is 0 Å². The van der Waals surface area contributed by atoms with Crippen LogP contribution in [0.3, 0.4) is 0 Å². The maximum atomic E-state index is 12.4. The molecule has 0 bridgehead atoms. The van der Waals surface area contributed by atoms with Crippen molar-refractivity contribution in [2.24, 2.45) is 0 Å². The molecule has 0 spiro atoms. The summed E-state index contributed by atoms with van der Waals surface area (Å²) in [6, 6.07) is 0. The van der Waals surface area contributed by atoms with E-state index < -0.39 is 39.0 Å². The molecule has 1 aliphatic heterocycles. The number of nitrogens with zero attached hydrogens (tertiary/aromatic N) is 1. The molecule has 114 valence electrons. The zero-order valence-electron chi connectivity index (χ0n) is 11.4. The van der Waals surface area contributed by atoms with Gasteiger partial charge in [0.1, 0.15) is 5.01 Å². The van der Waals surface area contributed by atoms with Crippen LogP contribution in [0.25, 0.3) is 0 Å². The fourth-order valence-electron chi connectivity index (χ4n) is 1.69. The Morgan fingerprint density at radius 3 is 2.67 bits per heavy atom. The Morgan fingerprint density at radius 2 is 2.19 bits per heavy atom. The van der Waals surface area contributed by atoms with E-state index in [-0.39, 0.29) is 0 Å². The zero-order valence-corrected chi connectivity index (χ0v) is 13.0. The maximum absolute atomic E-state index is 12.4. The van der Waals surface area contributed by atoms with Crippen LogP contribution in [0.15, 0.2) is 23.2 Å². The van der Waals surface area contributed by atoms with E-state index in [9.17, 15) is 18.0 Å². The predicted molar refractivity (Wildman–Crippen MR) is 72.3 cm³/mol. The molecule has 0 fully saturated rings. The fourth-order valence-corrected chi connectivity index (χ4v) is 2.89. The molecule has 0 aliphatic carbocycles. The maximum Gasteiger partial charge on any atom is 0.308 e. The summed E-state index contributed by atoms with van der Waals surface area (Å²) < 4.78 is 34.9. The number of carbonyl (C=O) groups is 2. The Hall–Kier alpha value is -1.94. The van der Waals surface area contributed by atoms with Gasteiger partial charge >= 0.3 is 5.97 Å². The molecular formula is C11H12N2O6S2. The van der Waals surface area contributed by atoms with E-state index in [1.54, 1.807) is 5.38 Å². The van der Waals surface area contributed by atoms with Crippen LogP contribution in [0.5, 0.6) is 0 Å². The van der Waals surface area contributed by atoms with Gasteiger partial charge in [0.05, 0.1) is 6.26 Å². The van der Waals surface area contributed by atoms with Gasteiger partial charge in [-0.05, 0) is 6.92 Å². The Balaban J connectivity index is 2.45. The highest BCUT2D eigenvalue weighted by molar-refractivity contribution is 7.88. The van der Waals surface area contributed by atoms with Crippen LogP contribution in [-0.4, -0.2) is 31.4 Å². The number of rotatable bonds is 4. The van der Waals surface area contributed by atoms with Crippen molar-refractivity contribution in [2.75, 3.05) is 6.26 Å². The molecule has 0 radical (unpaired) electrons. The number of esters is 1. The van der Waals surface area contributed by atoms with Crippen LogP contribution < -0.4 is 4.72 Å². The van der Waals surface area contributed by atoms with E-state index in [1.807, 2.05) is 4.72 Å². The lowest BCUT2D eigenvalue weighted by atomic mass is 10.0. The molecule has 0 saturated carbocycles. The molecule has 8 nitrogen and oxygen atoms in total. The lowest BCUT2D eigenvalue weighted by molar-refractivity contribution is -0.142. The molecule has 21 heavy (non-hydrogen) atoms. The molecule has 1 aromatic rings. The molecule has 1 aliphatic rings. The van der Waals surface area contributed by atoms with Crippen LogP contribution >= 0.6 is 11.3 Å². The third-order valence-corrected chi connectivity index (χ3v) is 4.05. The van der Waals surface area contributed by atoms with E-state index in [4.69, 9.17) is 9.47 Å². The van der Waals surface area contributed by atoms with Gasteiger partial charge < -0.3 is 9.47 Å². The lowest BCUT2D eigenvalue weighted by Gasteiger charge is -2.20. The first-order valence-electron chi connectivity index (χ1n) is 5.68. The van der Waals surface area contributed by atoms with Crippen molar-refractivity contribution in [2.45, 2.75) is 19.4 Å². The molecule has 0 aromatic carbocycles. The summed E-state index contributed by atoms with van der Waals surface area (Å²) in [5, 5.41) is 1.97. The average molecular weight is 332 g/mol. The van der Waals surface area contributed by atoms with E-state index in [0.29, 0.717) is 5.01 Å². The standard InChI is InChI=1S/C11H12N2O6S2/c1-6(14)18-7-8(15)11(2,10-12-4-5-20-10)19-9(7)13-21(3,16)17/h4-5,13H,1-3H3. The highest BCUT2D eigenvalue weighted by Gasteiger charge is 2.51. The second-order valence-electron chi connectivity index (χ2n) is 4.43. The van der Waals surface area contributed by atoms with Crippen molar-refractivity contribution in [1.29, 1.82) is 0 Å². The van der Waals surface area contributed by atoms with Crippen LogP contribution in [0, 0.1) is 0 Å². The quantitative estimate of drug-likeness (QED) is 0.786. The van der Waals surface area contributed by atoms with Crippen molar-refractivity contribution < 1.29 is 27.5 Å². The lowest BCUT2D eigenvalue weighted by Crippen LogP contribution is -2.32. The molecule has 0 amide bonds. The summed E-state index contributed by atoms with van der Waals surface area (Å²) in [6.07, 6.45) is 2.37. The minimum absolute atomic E-state index is 0.322. The van der Waals surface area contributed by atoms with E-state index >= 15 is 0 Å². The van der Waals surface area contributed by atoms with Gasteiger partial charge in [-0.25, -0.2) is 13.4 Å². The monoisotopic (exact) mass is 332 g/mol. The SMILES string of the molecule is CC(=O)OC1=C(NS(C)(=O)=O)OC(C)(c2nccs2)C1=O. The first-order valence-corrected chi connectivity index (χ1v) is 8.45. The zero-order chi connectivity index (χ0) is 15.8. The normalized spacial score (nSPS) is 22.1. The third kappa shape index (κ3) is 3.05. The van der Waals surface area contributed by atoms with Crippen LogP contribution in [0.1, 0.15) is 18.9 Å². The minimum atomic E-state index is -3.71. The third-order valence-electron chi connectivity index (χ3n) is 2.52. The molecule has 1 aromatic heterocycles. The summed E-state index contributed by atoms with van der Waals surface area (Å²) >= 11 is 1.16. The van der Waals surface area contributed by atoms with Gasteiger partial charge in [-0.15, -0.1) is 11.3 Å². The molecule has 2 rings (SSSR count). The number of aromatic nitrogens is 1. The summed E-state index contributed by atoms with van der Waals surface area (Å²) in [5.74, 6) is -2.35. The van der Waals surface area contributed by atoms with Gasteiger partial charge in [0.25, 0.3) is 11.7 Å². The highest BCUT2D eigenvalue weighted by Crippen LogP contribution is 2.39. The first kappa shape index (κ1) is 15.4. The van der Waals surface area contributed by atoms with Crippen molar-refractivity contribution in [3.8, 4) is 0 Å². The van der Waals surface area contributed by atoms with E-state index in [1.165, 1.54) is 13.1 Å². The number of carbonyl (C=O) groups excluding carboxylic acids is 2. The molecule has 2 heterocycles. The van der Waals surface area contributed by atoms with Crippen LogP contribution in [-0.2, 0) is 34.7 Å². The largest absolute Gasteiger partial charge is 0.453 e. The number of thiazole rings is 1. The molecule has 1 atom stereocenters. The number of hydrogen-bond acceptors (Lipinski definition) is 8. The number of ketones is 1. The molecular weight excluding hydrogens is 320 g/mol. The smallest absolute Gasteiger partial charge is 0.308 e. The van der Waals surface area contributed by atoms with Gasteiger partial charge in [-0.3, -0.25) is 14.3 Å². The van der Waals surface area contributed by atoms with E-state index in [2.05, 4.69) is 4.98 Å². The van der Waals surface area contributed by atoms with Gasteiger partial charge in [0, 0.05) is 18.5 Å². The van der Waals surface area contributed by atoms with Gasteiger partial charge in [0.2, 0.25) is 21.4 Å². The minimum Gasteiger partial charge on any atom is -0.453 e. The van der Waals surface area contributed by atoms with Gasteiger partial charge in [-0.2, -0.15) is 0 Å². The highest BCUT2D eigenvalue weighted by atomic mass is 32.2. The average Bonchev–Trinajstić information content (AvgIpc) is 2.92. The number of Topliss-reactive ketones (excluding diaryl/α,β-unsaturated/α-hetero) is 1.